The lowest BCUT2D eigenvalue weighted by Crippen LogP contribution is -2.56. The molecular formula is C15H21ClN4O4S. The maximum Gasteiger partial charge on any atom is 0.321 e. The second kappa shape index (κ2) is 8.13. The van der Waals surface area contributed by atoms with Crippen LogP contribution in [0.3, 0.4) is 0 Å². The molecule has 1 fully saturated rings. The van der Waals surface area contributed by atoms with Crippen LogP contribution in [0.5, 0.6) is 0 Å². The van der Waals surface area contributed by atoms with E-state index < -0.39 is 28.0 Å². The molecule has 0 aliphatic carbocycles. The number of amides is 3. The van der Waals surface area contributed by atoms with Gasteiger partial charge in [0.15, 0.2) is 0 Å². The number of piperazine rings is 1. The van der Waals surface area contributed by atoms with E-state index in [0.29, 0.717) is 18.1 Å². The summed E-state index contributed by atoms with van der Waals surface area (Å²) < 4.78 is 26.6. The van der Waals surface area contributed by atoms with Crippen LogP contribution in [0.4, 0.5) is 4.79 Å². The molecule has 0 saturated carbocycles. The minimum absolute atomic E-state index is 0.191. The zero-order valence-electron chi connectivity index (χ0n) is 14.0. The Bertz CT molecular complexity index is 730. The molecule has 0 bridgehead atoms. The Morgan fingerprint density at radius 1 is 1.12 bits per heavy atom. The monoisotopic (exact) mass is 388 g/mol. The van der Waals surface area contributed by atoms with Crippen LogP contribution < -0.4 is 10.6 Å². The molecule has 3 amide bonds. The molecule has 1 aromatic carbocycles. The van der Waals surface area contributed by atoms with Gasteiger partial charge in [-0.1, -0.05) is 11.6 Å². The maximum absolute atomic E-state index is 12.6. The smallest absolute Gasteiger partial charge is 0.321 e. The van der Waals surface area contributed by atoms with Gasteiger partial charge >= 0.3 is 6.03 Å². The number of hydrogen-bond donors (Lipinski definition) is 2. The second-order valence-corrected chi connectivity index (χ2v) is 8.01. The highest BCUT2D eigenvalue weighted by molar-refractivity contribution is 7.89. The molecule has 1 aliphatic rings. The van der Waals surface area contributed by atoms with Gasteiger partial charge in [-0.3, -0.25) is 15.0 Å². The summed E-state index contributed by atoms with van der Waals surface area (Å²) in [4.78, 5) is 25.2. The van der Waals surface area contributed by atoms with Gasteiger partial charge in [-0.2, -0.15) is 4.31 Å². The molecule has 8 nitrogen and oxygen atoms in total. The molecule has 0 spiro atoms. The summed E-state index contributed by atoms with van der Waals surface area (Å²) in [5, 5.41) is 5.01. The molecule has 1 aliphatic heterocycles. The van der Waals surface area contributed by atoms with Gasteiger partial charge in [-0.15, -0.1) is 0 Å². The van der Waals surface area contributed by atoms with Crippen molar-refractivity contribution in [3.8, 4) is 0 Å². The number of nitrogens with one attached hydrogen (secondary N) is 2. The summed E-state index contributed by atoms with van der Waals surface area (Å²) in [5.74, 6) is -0.423. The third-order valence-electron chi connectivity index (χ3n) is 4.12. The molecule has 2 rings (SSSR count). The molecule has 0 aromatic heterocycles. The topological polar surface area (TPSA) is 98.8 Å². The van der Waals surface area contributed by atoms with Gasteiger partial charge in [0.1, 0.15) is 0 Å². The van der Waals surface area contributed by atoms with E-state index in [9.17, 15) is 18.0 Å². The van der Waals surface area contributed by atoms with Gasteiger partial charge in [0, 0.05) is 38.2 Å². The number of halogens is 1. The lowest BCUT2D eigenvalue weighted by Gasteiger charge is -2.36. The van der Waals surface area contributed by atoms with Crippen molar-refractivity contribution in [1.29, 1.82) is 0 Å². The molecule has 0 radical (unpaired) electrons. The summed E-state index contributed by atoms with van der Waals surface area (Å²) in [6, 6.07) is 4.93. The summed E-state index contributed by atoms with van der Waals surface area (Å²) in [6.45, 7) is 3.01. The van der Waals surface area contributed by atoms with Crippen LogP contribution in [-0.2, 0) is 14.8 Å². The fraction of sp³-hybridized carbons (Fsp3) is 0.467. The van der Waals surface area contributed by atoms with E-state index >= 15 is 0 Å². The fourth-order valence-electron chi connectivity index (χ4n) is 2.53. The van der Waals surface area contributed by atoms with Gasteiger partial charge in [0.2, 0.25) is 15.9 Å². The fourth-order valence-corrected chi connectivity index (χ4v) is 4.08. The number of urea groups is 1. The minimum atomic E-state index is -3.59. The average molecular weight is 389 g/mol. The number of hydrogen-bond acceptors (Lipinski definition) is 5. The highest BCUT2D eigenvalue weighted by atomic mass is 35.5. The molecule has 1 saturated heterocycles. The Balaban J connectivity index is 1.98. The van der Waals surface area contributed by atoms with E-state index in [4.69, 9.17) is 11.6 Å². The Kier molecular flexibility index (Phi) is 6.39. The average Bonchev–Trinajstić information content (AvgIpc) is 2.61. The van der Waals surface area contributed by atoms with Crippen molar-refractivity contribution in [3.63, 3.8) is 0 Å². The number of rotatable bonds is 4. The molecule has 10 heteroatoms. The molecule has 1 aromatic rings. The van der Waals surface area contributed by atoms with E-state index in [1.807, 2.05) is 4.90 Å². The minimum Gasteiger partial charge on any atom is -0.341 e. The maximum atomic E-state index is 12.6. The van der Waals surface area contributed by atoms with Crippen LogP contribution in [0.1, 0.15) is 6.92 Å². The van der Waals surface area contributed by atoms with Crippen molar-refractivity contribution in [3.05, 3.63) is 29.3 Å². The number of sulfonamides is 1. The SMILES string of the molecule is CNC(=O)NC(=O)[C@H](C)N1CCN(S(=O)(=O)c2ccc(Cl)cc2)CC1. The summed E-state index contributed by atoms with van der Waals surface area (Å²) in [6.07, 6.45) is 0. The molecule has 2 N–H and O–H groups in total. The van der Waals surface area contributed by atoms with Crippen LogP contribution in [0.2, 0.25) is 5.02 Å². The Morgan fingerprint density at radius 2 is 1.68 bits per heavy atom. The Hall–Kier alpha value is -1.68. The quantitative estimate of drug-likeness (QED) is 0.782. The molecule has 1 heterocycles. The Morgan fingerprint density at radius 3 is 2.20 bits per heavy atom. The van der Waals surface area contributed by atoms with Gasteiger partial charge in [-0.25, -0.2) is 13.2 Å². The first-order valence-electron chi connectivity index (χ1n) is 7.78. The molecule has 0 unspecified atom stereocenters. The van der Waals surface area contributed by atoms with E-state index in [2.05, 4.69) is 10.6 Å². The van der Waals surface area contributed by atoms with Crippen LogP contribution in [0.15, 0.2) is 29.2 Å². The standard InChI is InChI=1S/C15H21ClN4O4S/c1-11(14(21)18-15(22)17-2)19-7-9-20(10-8-19)25(23,24)13-5-3-12(16)4-6-13/h3-6,11H,7-10H2,1-2H3,(H2,17,18,21,22)/t11-/m0/s1. The van der Waals surface area contributed by atoms with Crippen molar-refractivity contribution in [1.82, 2.24) is 19.8 Å². The largest absolute Gasteiger partial charge is 0.341 e. The third kappa shape index (κ3) is 4.69. The Labute approximate surface area is 152 Å². The molecule has 25 heavy (non-hydrogen) atoms. The van der Waals surface area contributed by atoms with Crippen LogP contribution in [-0.4, -0.2) is 68.8 Å². The van der Waals surface area contributed by atoms with Gasteiger partial charge < -0.3 is 5.32 Å². The van der Waals surface area contributed by atoms with Gasteiger partial charge in [0.05, 0.1) is 10.9 Å². The van der Waals surface area contributed by atoms with E-state index in [0.717, 1.165) is 0 Å². The first-order chi connectivity index (χ1) is 11.8. The predicted molar refractivity (Wildman–Crippen MR) is 93.8 cm³/mol. The zero-order valence-corrected chi connectivity index (χ0v) is 15.6. The van der Waals surface area contributed by atoms with Crippen LogP contribution in [0, 0.1) is 0 Å². The lowest BCUT2D eigenvalue weighted by molar-refractivity contribution is -0.125. The van der Waals surface area contributed by atoms with E-state index in [-0.39, 0.29) is 18.0 Å². The van der Waals surface area contributed by atoms with Crippen molar-refractivity contribution in [2.45, 2.75) is 17.9 Å². The molecule has 1 atom stereocenters. The number of imide groups is 1. The third-order valence-corrected chi connectivity index (χ3v) is 6.28. The first-order valence-corrected chi connectivity index (χ1v) is 9.60. The van der Waals surface area contributed by atoms with Crippen LogP contribution >= 0.6 is 11.6 Å². The zero-order chi connectivity index (χ0) is 18.6. The number of carbonyl (C=O) groups is 2. The number of nitrogens with zero attached hydrogens (tertiary/aromatic N) is 2. The lowest BCUT2D eigenvalue weighted by atomic mass is 10.2. The van der Waals surface area contributed by atoms with E-state index in [1.54, 1.807) is 6.92 Å². The second-order valence-electron chi connectivity index (χ2n) is 5.64. The predicted octanol–water partition coefficient (Wildman–Crippen LogP) is 0.490. The highest BCUT2D eigenvalue weighted by Crippen LogP contribution is 2.20. The summed E-state index contributed by atoms with van der Waals surface area (Å²) in [7, 11) is -2.16. The normalized spacial score (nSPS) is 17.7. The molecular weight excluding hydrogens is 368 g/mol. The highest BCUT2D eigenvalue weighted by Gasteiger charge is 2.32. The van der Waals surface area contributed by atoms with Crippen molar-refractivity contribution < 1.29 is 18.0 Å². The van der Waals surface area contributed by atoms with Gasteiger partial charge in [-0.05, 0) is 31.2 Å². The number of carbonyl (C=O) groups excluding carboxylic acids is 2. The van der Waals surface area contributed by atoms with Gasteiger partial charge in [0.25, 0.3) is 0 Å². The van der Waals surface area contributed by atoms with Crippen LogP contribution in [0.25, 0.3) is 0 Å². The summed E-state index contributed by atoms with van der Waals surface area (Å²) in [5.41, 5.74) is 0. The number of benzene rings is 1. The van der Waals surface area contributed by atoms with Crippen molar-refractivity contribution in [2.75, 3.05) is 33.2 Å². The molecule has 138 valence electrons. The van der Waals surface area contributed by atoms with Crippen molar-refractivity contribution >= 4 is 33.6 Å². The first kappa shape index (κ1) is 19.6. The van der Waals surface area contributed by atoms with E-state index in [1.165, 1.54) is 35.6 Å². The van der Waals surface area contributed by atoms with Crippen molar-refractivity contribution in [2.24, 2.45) is 0 Å². The summed E-state index contributed by atoms with van der Waals surface area (Å²) >= 11 is 5.80.